The third-order valence-electron chi connectivity index (χ3n) is 10.8. The molecule has 3 heteroatoms. The number of para-hydroxylation sites is 2. The van der Waals surface area contributed by atoms with E-state index < -0.39 is 5.41 Å². The van der Waals surface area contributed by atoms with Crippen LogP contribution < -0.4 is 14.8 Å². The predicted octanol–water partition coefficient (Wildman–Crippen LogP) is 12.8. The van der Waals surface area contributed by atoms with Crippen molar-refractivity contribution in [1.29, 1.82) is 0 Å². The van der Waals surface area contributed by atoms with Crippen LogP contribution in [0.15, 0.2) is 187 Å². The van der Waals surface area contributed by atoms with E-state index in [1.165, 1.54) is 11.1 Å². The van der Waals surface area contributed by atoms with Crippen molar-refractivity contribution < 1.29 is 9.47 Å². The lowest BCUT2D eigenvalue weighted by Gasteiger charge is -2.47. The Balaban J connectivity index is 1.19. The summed E-state index contributed by atoms with van der Waals surface area (Å²) in [5.41, 5.74) is 13.0. The topological polar surface area (TPSA) is 30.5 Å². The molecule has 10 rings (SSSR count). The normalized spacial score (nSPS) is 18.0. The number of nitrogens with one attached hydrogen (secondary N) is 1. The van der Waals surface area contributed by atoms with Gasteiger partial charge in [-0.25, -0.2) is 0 Å². The summed E-state index contributed by atoms with van der Waals surface area (Å²) in [5.74, 6) is 3.58. The fourth-order valence-electron chi connectivity index (χ4n) is 8.49. The molecule has 1 unspecified atom stereocenters. The molecule has 1 atom stereocenters. The number of allylic oxidation sites excluding steroid dienone is 6. The molecule has 6 aromatic rings. The van der Waals surface area contributed by atoms with Crippen LogP contribution in [0.4, 0.5) is 5.69 Å². The molecule has 0 aromatic heterocycles. The standard InChI is InChI=1S/C49H37NO2/c1-4-15-33(16-5-1)38-21-14-24-43-48(38)52-47-32-36(27-29-42(47)49(43)40-22-10-12-25-45(40)51-46-26-13-11-23-41(46)49)35-28-30-44(50-37-19-8-3-9-20-37)39(31-35)34-17-6-2-7-18-34/h1-2,4-8,10,12,14-32,50H,3,9,11,13H2. The van der Waals surface area contributed by atoms with E-state index >= 15 is 0 Å². The summed E-state index contributed by atoms with van der Waals surface area (Å²) in [6, 6.07) is 49.9. The maximum absolute atomic E-state index is 7.17. The number of anilines is 1. The monoisotopic (exact) mass is 671 g/mol. The van der Waals surface area contributed by atoms with E-state index in [1.807, 2.05) is 0 Å². The molecule has 3 nitrogen and oxygen atoms in total. The Hall–Kier alpha value is -6.32. The smallest absolute Gasteiger partial charge is 0.140 e. The Kier molecular flexibility index (Phi) is 7.31. The molecule has 0 fully saturated rings. The third-order valence-corrected chi connectivity index (χ3v) is 10.8. The SMILES string of the molecule is C1=CC(Nc2ccc(-c3ccc4c(c3)Oc3c(-c5ccccc5)cccc3C43C4=CCCC=C4Oc4ccccc43)cc2-c2ccccc2)=CCC1. The predicted molar refractivity (Wildman–Crippen MR) is 212 cm³/mol. The van der Waals surface area contributed by atoms with Gasteiger partial charge in [-0.2, -0.15) is 0 Å². The summed E-state index contributed by atoms with van der Waals surface area (Å²) in [5, 5.41) is 3.71. The second kappa shape index (κ2) is 12.5. The summed E-state index contributed by atoms with van der Waals surface area (Å²) in [7, 11) is 0. The Morgan fingerprint density at radius 3 is 2.00 bits per heavy atom. The molecule has 2 aliphatic heterocycles. The molecular weight excluding hydrogens is 635 g/mol. The van der Waals surface area contributed by atoms with E-state index in [0.29, 0.717) is 0 Å². The first-order valence-corrected chi connectivity index (χ1v) is 18.3. The van der Waals surface area contributed by atoms with E-state index in [1.54, 1.807) is 0 Å². The van der Waals surface area contributed by atoms with Gasteiger partial charge in [0, 0.05) is 44.8 Å². The van der Waals surface area contributed by atoms with E-state index in [0.717, 1.165) is 105 Å². The van der Waals surface area contributed by atoms with Crippen LogP contribution >= 0.6 is 0 Å². The largest absolute Gasteiger partial charge is 0.457 e. The average Bonchev–Trinajstić information content (AvgIpc) is 3.21. The molecule has 1 spiro atoms. The maximum atomic E-state index is 7.17. The Morgan fingerprint density at radius 2 is 1.17 bits per heavy atom. The summed E-state index contributed by atoms with van der Waals surface area (Å²) >= 11 is 0. The number of benzene rings is 6. The zero-order valence-corrected chi connectivity index (χ0v) is 28.8. The van der Waals surface area contributed by atoms with Crippen molar-refractivity contribution in [2.45, 2.75) is 31.1 Å². The molecule has 0 saturated heterocycles. The highest BCUT2D eigenvalue weighted by Crippen LogP contribution is 2.63. The van der Waals surface area contributed by atoms with Crippen LogP contribution in [-0.4, -0.2) is 0 Å². The van der Waals surface area contributed by atoms with Crippen molar-refractivity contribution in [2.24, 2.45) is 0 Å². The van der Waals surface area contributed by atoms with Gasteiger partial charge in [0.15, 0.2) is 0 Å². The van der Waals surface area contributed by atoms with Crippen molar-refractivity contribution in [3.8, 4) is 50.6 Å². The molecule has 6 aromatic carbocycles. The van der Waals surface area contributed by atoms with Crippen LogP contribution in [0.5, 0.6) is 17.2 Å². The van der Waals surface area contributed by atoms with Crippen LogP contribution in [0.1, 0.15) is 42.4 Å². The lowest BCUT2D eigenvalue weighted by molar-refractivity contribution is 0.363. The number of rotatable bonds is 5. The van der Waals surface area contributed by atoms with Gasteiger partial charge in [0.05, 0.1) is 5.41 Å². The molecule has 0 amide bonds. The molecule has 52 heavy (non-hydrogen) atoms. The van der Waals surface area contributed by atoms with Gasteiger partial charge in [-0.3, -0.25) is 0 Å². The zero-order valence-electron chi connectivity index (χ0n) is 28.8. The summed E-state index contributed by atoms with van der Waals surface area (Å²) < 4.78 is 13.8. The third kappa shape index (κ3) is 4.88. The molecule has 4 aliphatic rings. The van der Waals surface area contributed by atoms with E-state index in [2.05, 4.69) is 175 Å². The number of hydrogen-bond donors (Lipinski definition) is 1. The zero-order chi connectivity index (χ0) is 34.5. The Labute approximate surface area is 304 Å². The second-order valence-electron chi connectivity index (χ2n) is 13.9. The minimum Gasteiger partial charge on any atom is -0.457 e. The lowest BCUT2D eigenvalue weighted by atomic mass is 9.60. The van der Waals surface area contributed by atoms with Crippen molar-refractivity contribution in [2.75, 3.05) is 5.32 Å². The van der Waals surface area contributed by atoms with Crippen LogP contribution in [-0.2, 0) is 5.41 Å². The van der Waals surface area contributed by atoms with Gasteiger partial charge in [0.2, 0.25) is 0 Å². The number of fused-ring (bicyclic) bond motifs is 8. The van der Waals surface area contributed by atoms with Gasteiger partial charge < -0.3 is 14.8 Å². The molecule has 2 aliphatic carbocycles. The van der Waals surface area contributed by atoms with Crippen LogP contribution in [0, 0.1) is 0 Å². The highest BCUT2D eigenvalue weighted by atomic mass is 16.5. The first-order valence-electron chi connectivity index (χ1n) is 18.3. The summed E-state index contributed by atoms with van der Waals surface area (Å²) in [6.45, 7) is 0. The Morgan fingerprint density at radius 1 is 0.481 bits per heavy atom. The number of hydrogen-bond acceptors (Lipinski definition) is 3. The average molecular weight is 672 g/mol. The van der Waals surface area contributed by atoms with Crippen molar-refractivity contribution in [1.82, 2.24) is 0 Å². The molecular formula is C49H37NO2. The fourth-order valence-corrected chi connectivity index (χ4v) is 8.49. The minimum absolute atomic E-state index is 0.614. The van der Waals surface area contributed by atoms with Crippen molar-refractivity contribution >= 4 is 5.69 Å². The first-order chi connectivity index (χ1) is 25.8. The van der Waals surface area contributed by atoms with E-state index in [4.69, 9.17) is 9.47 Å². The van der Waals surface area contributed by atoms with Gasteiger partial charge in [0.1, 0.15) is 23.0 Å². The fraction of sp³-hybridized carbons (Fsp3) is 0.102. The molecule has 250 valence electrons. The van der Waals surface area contributed by atoms with Gasteiger partial charge in [0.25, 0.3) is 0 Å². The maximum Gasteiger partial charge on any atom is 0.140 e. The van der Waals surface area contributed by atoms with Crippen LogP contribution in [0.3, 0.4) is 0 Å². The molecule has 0 bridgehead atoms. The van der Waals surface area contributed by atoms with Crippen LogP contribution in [0.25, 0.3) is 33.4 Å². The van der Waals surface area contributed by atoms with Gasteiger partial charge in [-0.1, -0.05) is 133 Å². The van der Waals surface area contributed by atoms with Gasteiger partial charge in [-0.05, 0) is 84.4 Å². The van der Waals surface area contributed by atoms with Gasteiger partial charge in [-0.15, -0.1) is 0 Å². The number of ether oxygens (including phenoxy) is 2. The van der Waals surface area contributed by atoms with Crippen LogP contribution in [0.2, 0.25) is 0 Å². The second-order valence-corrected chi connectivity index (χ2v) is 13.9. The van der Waals surface area contributed by atoms with E-state index in [9.17, 15) is 0 Å². The summed E-state index contributed by atoms with van der Waals surface area (Å²) in [4.78, 5) is 0. The summed E-state index contributed by atoms with van der Waals surface area (Å²) in [6.07, 6.45) is 15.4. The molecule has 0 saturated carbocycles. The highest BCUT2D eigenvalue weighted by molar-refractivity contribution is 5.86. The quantitative estimate of drug-likeness (QED) is 0.198. The Bertz CT molecular complexity index is 2490. The van der Waals surface area contributed by atoms with Crippen molar-refractivity contribution in [3.05, 3.63) is 204 Å². The molecule has 0 radical (unpaired) electrons. The minimum atomic E-state index is -0.614. The lowest BCUT2D eigenvalue weighted by Crippen LogP contribution is -2.40. The molecule has 2 heterocycles. The van der Waals surface area contributed by atoms with E-state index in [-0.39, 0.29) is 0 Å². The highest BCUT2D eigenvalue weighted by Gasteiger charge is 2.52. The molecule has 1 N–H and O–H groups in total. The van der Waals surface area contributed by atoms with Gasteiger partial charge >= 0.3 is 0 Å². The first kappa shape index (κ1) is 30.5. The van der Waals surface area contributed by atoms with Crippen molar-refractivity contribution in [3.63, 3.8) is 0 Å².